The lowest BCUT2D eigenvalue weighted by Crippen LogP contribution is -2.47. The number of nitrogens with one attached hydrogen (secondary N) is 1. The van der Waals surface area contributed by atoms with Gasteiger partial charge in [0.05, 0.1) is 5.60 Å². The van der Waals surface area contributed by atoms with E-state index in [0.29, 0.717) is 17.9 Å². The third kappa shape index (κ3) is 4.58. The topological polar surface area (TPSA) is 58.6 Å². The van der Waals surface area contributed by atoms with Crippen molar-refractivity contribution in [3.63, 3.8) is 0 Å². The normalized spacial score (nSPS) is 29.1. The molecule has 1 amide bonds. The number of amides is 1. The average Bonchev–Trinajstić information content (AvgIpc) is 2.26. The van der Waals surface area contributed by atoms with Gasteiger partial charge in [0.2, 0.25) is 5.91 Å². The third-order valence-electron chi connectivity index (χ3n) is 4.03. The van der Waals surface area contributed by atoms with Crippen molar-refractivity contribution in [1.29, 1.82) is 0 Å². The fourth-order valence-electron chi connectivity index (χ4n) is 2.64. The van der Waals surface area contributed by atoms with E-state index in [9.17, 15) is 9.90 Å². The zero-order valence-electron chi connectivity index (χ0n) is 12.1. The van der Waals surface area contributed by atoms with Crippen molar-refractivity contribution in [2.75, 3.05) is 20.3 Å². The van der Waals surface area contributed by atoms with Crippen LogP contribution in [0, 0.1) is 11.3 Å². The van der Waals surface area contributed by atoms with E-state index < -0.39 is 5.60 Å². The van der Waals surface area contributed by atoms with Crippen LogP contribution in [0.1, 0.15) is 46.5 Å². The van der Waals surface area contributed by atoms with E-state index in [2.05, 4.69) is 26.1 Å². The summed E-state index contributed by atoms with van der Waals surface area (Å²) in [6.07, 6.45) is 3.59. The van der Waals surface area contributed by atoms with Gasteiger partial charge in [-0.1, -0.05) is 20.8 Å². The van der Waals surface area contributed by atoms with Gasteiger partial charge in [-0.3, -0.25) is 4.79 Å². The van der Waals surface area contributed by atoms with Crippen molar-refractivity contribution in [2.24, 2.45) is 11.3 Å². The highest BCUT2D eigenvalue weighted by molar-refractivity contribution is 5.77. The Balaban J connectivity index is 2.38. The second kappa shape index (κ2) is 6.02. The van der Waals surface area contributed by atoms with E-state index in [0.717, 1.165) is 25.7 Å². The number of carbonyl (C=O) groups excluding carboxylic acids is 1. The Morgan fingerprint density at radius 2 is 1.94 bits per heavy atom. The lowest BCUT2D eigenvalue weighted by molar-refractivity contribution is -0.126. The lowest BCUT2D eigenvalue weighted by Gasteiger charge is -2.41. The van der Waals surface area contributed by atoms with Gasteiger partial charge in [0.1, 0.15) is 6.61 Å². The Hall–Kier alpha value is -0.610. The molecule has 4 nitrogen and oxygen atoms in total. The molecule has 0 saturated heterocycles. The highest BCUT2D eigenvalue weighted by Crippen LogP contribution is 2.41. The third-order valence-corrected chi connectivity index (χ3v) is 4.03. The van der Waals surface area contributed by atoms with Crippen LogP contribution in [0.15, 0.2) is 0 Å². The Labute approximate surface area is 110 Å². The molecule has 0 atom stereocenters. The molecule has 2 N–H and O–H groups in total. The maximum Gasteiger partial charge on any atom is 0.246 e. The summed E-state index contributed by atoms with van der Waals surface area (Å²) in [7, 11) is 1.49. The first-order valence-electron chi connectivity index (χ1n) is 6.75. The molecule has 0 aliphatic heterocycles. The van der Waals surface area contributed by atoms with E-state index >= 15 is 0 Å². The zero-order chi connectivity index (χ0) is 13.8. The highest BCUT2D eigenvalue weighted by Gasteiger charge is 2.37. The minimum atomic E-state index is -0.731. The van der Waals surface area contributed by atoms with Gasteiger partial charge in [0.25, 0.3) is 0 Å². The van der Waals surface area contributed by atoms with Crippen LogP contribution >= 0.6 is 0 Å². The first-order chi connectivity index (χ1) is 8.27. The molecular weight excluding hydrogens is 230 g/mol. The Bertz CT molecular complexity index is 275. The number of ether oxygens (including phenoxy) is 1. The smallest absolute Gasteiger partial charge is 0.246 e. The molecule has 1 saturated carbocycles. The number of aliphatic hydroxyl groups is 1. The molecule has 0 radical (unpaired) electrons. The summed E-state index contributed by atoms with van der Waals surface area (Å²) >= 11 is 0. The van der Waals surface area contributed by atoms with Crippen molar-refractivity contribution in [3.05, 3.63) is 0 Å². The van der Waals surface area contributed by atoms with Crippen LogP contribution in [0.2, 0.25) is 0 Å². The summed E-state index contributed by atoms with van der Waals surface area (Å²) in [5.41, 5.74) is -0.425. The summed E-state index contributed by atoms with van der Waals surface area (Å²) in [4.78, 5) is 11.3. The van der Waals surface area contributed by atoms with E-state index in [-0.39, 0.29) is 12.5 Å². The van der Waals surface area contributed by atoms with Crippen molar-refractivity contribution in [1.82, 2.24) is 5.32 Å². The molecule has 1 aliphatic rings. The number of carbonyl (C=O) groups is 1. The lowest BCUT2D eigenvalue weighted by atomic mass is 9.68. The molecule has 0 aromatic heterocycles. The summed E-state index contributed by atoms with van der Waals surface area (Å²) < 4.78 is 4.74. The molecule has 1 aliphatic carbocycles. The molecular formula is C14H27NO3. The average molecular weight is 257 g/mol. The summed E-state index contributed by atoms with van der Waals surface area (Å²) in [6, 6.07) is 0. The molecule has 18 heavy (non-hydrogen) atoms. The van der Waals surface area contributed by atoms with Crippen molar-refractivity contribution >= 4 is 5.91 Å². The SMILES string of the molecule is COCC(=O)NCC1(O)CCC(C(C)(C)C)CC1. The largest absolute Gasteiger partial charge is 0.388 e. The van der Waals surface area contributed by atoms with Crippen LogP contribution < -0.4 is 5.32 Å². The quantitative estimate of drug-likeness (QED) is 0.806. The highest BCUT2D eigenvalue weighted by atomic mass is 16.5. The first-order valence-corrected chi connectivity index (χ1v) is 6.75. The van der Waals surface area contributed by atoms with Crippen molar-refractivity contribution < 1.29 is 14.6 Å². The second-order valence-corrected chi connectivity index (χ2v) is 6.57. The molecule has 0 unspecified atom stereocenters. The summed E-state index contributed by atoms with van der Waals surface area (Å²) in [6.45, 7) is 7.15. The molecule has 0 heterocycles. The number of methoxy groups -OCH3 is 1. The molecule has 0 aromatic carbocycles. The summed E-state index contributed by atoms with van der Waals surface area (Å²) in [5.74, 6) is 0.497. The second-order valence-electron chi connectivity index (χ2n) is 6.57. The fourth-order valence-corrected chi connectivity index (χ4v) is 2.64. The maximum absolute atomic E-state index is 11.3. The minimum absolute atomic E-state index is 0.0562. The van der Waals surface area contributed by atoms with Crippen LogP contribution in [0.3, 0.4) is 0 Å². The number of rotatable bonds is 4. The molecule has 1 fully saturated rings. The number of hydrogen-bond donors (Lipinski definition) is 2. The monoisotopic (exact) mass is 257 g/mol. The van der Waals surface area contributed by atoms with Gasteiger partial charge in [0, 0.05) is 13.7 Å². The molecule has 1 rings (SSSR count). The van der Waals surface area contributed by atoms with Gasteiger partial charge in [-0.05, 0) is 37.0 Å². The van der Waals surface area contributed by atoms with Crippen LogP contribution in [0.25, 0.3) is 0 Å². The summed E-state index contributed by atoms with van der Waals surface area (Å²) in [5, 5.41) is 13.1. The molecule has 0 bridgehead atoms. The zero-order valence-corrected chi connectivity index (χ0v) is 12.1. The first kappa shape index (κ1) is 15.4. The van der Waals surface area contributed by atoms with Crippen LogP contribution in [0.4, 0.5) is 0 Å². The van der Waals surface area contributed by atoms with E-state index in [1.54, 1.807) is 0 Å². The van der Waals surface area contributed by atoms with Gasteiger partial charge in [-0.25, -0.2) is 0 Å². The van der Waals surface area contributed by atoms with E-state index in [1.165, 1.54) is 7.11 Å². The standard InChI is InChI=1S/C14H27NO3/c1-13(2,3)11-5-7-14(17,8-6-11)10-15-12(16)9-18-4/h11,17H,5-10H2,1-4H3,(H,15,16). The van der Waals surface area contributed by atoms with Gasteiger partial charge < -0.3 is 15.2 Å². The van der Waals surface area contributed by atoms with Gasteiger partial charge in [-0.15, -0.1) is 0 Å². The molecule has 106 valence electrons. The molecule has 0 aromatic rings. The maximum atomic E-state index is 11.3. The molecule has 0 spiro atoms. The van der Waals surface area contributed by atoms with Gasteiger partial charge >= 0.3 is 0 Å². The van der Waals surface area contributed by atoms with Gasteiger partial charge in [0.15, 0.2) is 0 Å². The Morgan fingerprint density at radius 1 is 1.39 bits per heavy atom. The van der Waals surface area contributed by atoms with Gasteiger partial charge in [-0.2, -0.15) is 0 Å². The predicted molar refractivity (Wildman–Crippen MR) is 71.2 cm³/mol. The molecule has 4 heteroatoms. The van der Waals surface area contributed by atoms with Crippen LogP contribution in [-0.2, 0) is 9.53 Å². The minimum Gasteiger partial charge on any atom is -0.388 e. The Morgan fingerprint density at radius 3 is 2.39 bits per heavy atom. The van der Waals surface area contributed by atoms with Crippen molar-refractivity contribution in [3.8, 4) is 0 Å². The van der Waals surface area contributed by atoms with E-state index in [4.69, 9.17) is 4.74 Å². The Kier molecular flexibility index (Phi) is 5.17. The van der Waals surface area contributed by atoms with Crippen molar-refractivity contribution in [2.45, 2.75) is 52.1 Å². The number of hydrogen-bond acceptors (Lipinski definition) is 3. The van der Waals surface area contributed by atoms with E-state index in [1.807, 2.05) is 0 Å². The fraction of sp³-hybridized carbons (Fsp3) is 0.929. The van der Waals surface area contributed by atoms with Crippen LogP contribution in [-0.4, -0.2) is 36.9 Å². The predicted octanol–water partition coefficient (Wildman–Crippen LogP) is 1.72. The van der Waals surface area contributed by atoms with Crippen LogP contribution in [0.5, 0.6) is 0 Å².